The summed E-state index contributed by atoms with van der Waals surface area (Å²) in [6.07, 6.45) is -1.29. The first kappa shape index (κ1) is 19.6. The van der Waals surface area contributed by atoms with Crippen molar-refractivity contribution in [2.45, 2.75) is 13.0 Å². The quantitative estimate of drug-likeness (QED) is 0.460. The molecule has 0 aliphatic rings. The van der Waals surface area contributed by atoms with E-state index in [4.69, 9.17) is 27.9 Å². The van der Waals surface area contributed by atoms with Gasteiger partial charge in [0, 0.05) is 11.1 Å². The number of carbonyl (C=O) groups excluding carboxylic acids is 2. The van der Waals surface area contributed by atoms with Gasteiger partial charge in [-0.05, 0) is 37.3 Å². The SMILES string of the molecule is CC(OC(=O)c1ccc(Cl)cc1[N+](=O)[O-])C(=O)Nc1ccc(F)cc1Cl. The van der Waals surface area contributed by atoms with E-state index in [0.717, 1.165) is 24.3 Å². The van der Waals surface area contributed by atoms with Gasteiger partial charge in [0.25, 0.3) is 11.6 Å². The zero-order valence-electron chi connectivity index (χ0n) is 13.2. The number of nitro groups is 1. The maximum atomic E-state index is 13.0. The van der Waals surface area contributed by atoms with Crippen molar-refractivity contribution in [3.63, 3.8) is 0 Å². The number of esters is 1. The highest BCUT2D eigenvalue weighted by Crippen LogP contribution is 2.25. The molecule has 0 aromatic heterocycles. The monoisotopic (exact) mass is 400 g/mol. The summed E-state index contributed by atoms with van der Waals surface area (Å²) in [5.41, 5.74) is -0.769. The molecule has 1 atom stereocenters. The molecule has 7 nitrogen and oxygen atoms in total. The molecule has 0 spiro atoms. The third-order valence-corrected chi connectivity index (χ3v) is 3.77. The highest BCUT2D eigenvalue weighted by Gasteiger charge is 2.26. The molecule has 2 aromatic carbocycles. The molecule has 1 N–H and O–H groups in total. The number of hydrogen-bond donors (Lipinski definition) is 1. The van der Waals surface area contributed by atoms with E-state index in [9.17, 15) is 24.1 Å². The number of benzene rings is 2. The van der Waals surface area contributed by atoms with E-state index in [2.05, 4.69) is 5.32 Å². The van der Waals surface area contributed by atoms with Crippen molar-refractivity contribution in [2.75, 3.05) is 5.32 Å². The second kappa shape index (κ2) is 8.11. The molecule has 0 fully saturated rings. The number of ether oxygens (including phenoxy) is 1. The molecule has 2 aromatic rings. The van der Waals surface area contributed by atoms with Gasteiger partial charge in [-0.3, -0.25) is 14.9 Å². The maximum Gasteiger partial charge on any atom is 0.345 e. The van der Waals surface area contributed by atoms with Crippen LogP contribution in [0.25, 0.3) is 0 Å². The van der Waals surface area contributed by atoms with Gasteiger partial charge in [0.15, 0.2) is 6.10 Å². The summed E-state index contributed by atoms with van der Waals surface area (Å²) in [6.45, 7) is 1.27. The van der Waals surface area contributed by atoms with Gasteiger partial charge >= 0.3 is 5.97 Å². The fraction of sp³-hybridized carbons (Fsp3) is 0.125. The Morgan fingerprint density at radius 3 is 2.54 bits per heavy atom. The Kier molecular flexibility index (Phi) is 6.12. The van der Waals surface area contributed by atoms with E-state index in [0.29, 0.717) is 0 Å². The molecule has 0 bridgehead atoms. The number of carbonyl (C=O) groups is 2. The van der Waals surface area contributed by atoms with Crippen LogP contribution in [-0.4, -0.2) is 22.9 Å². The summed E-state index contributed by atoms with van der Waals surface area (Å²) in [6, 6.07) is 6.76. The lowest BCUT2D eigenvalue weighted by molar-refractivity contribution is -0.385. The highest BCUT2D eigenvalue weighted by molar-refractivity contribution is 6.33. The molecule has 0 saturated heterocycles. The highest BCUT2D eigenvalue weighted by atomic mass is 35.5. The Morgan fingerprint density at radius 2 is 1.92 bits per heavy atom. The Bertz CT molecular complexity index is 891. The third kappa shape index (κ3) is 4.68. The van der Waals surface area contributed by atoms with Crippen LogP contribution in [0.5, 0.6) is 0 Å². The fourth-order valence-corrected chi connectivity index (χ4v) is 2.31. The molecule has 0 radical (unpaired) electrons. The minimum Gasteiger partial charge on any atom is -0.449 e. The van der Waals surface area contributed by atoms with E-state index in [1.165, 1.54) is 19.1 Å². The van der Waals surface area contributed by atoms with Crippen LogP contribution in [0.4, 0.5) is 15.8 Å². The van der Waals surface area contributed by atoms with Crippen LogP contribution >= 0.6 is 23.2 Å². The summed E-state index contributed by atoms with van der Waals surface area (Å²) in [5.74, 6) is -2.40. The van der Waals surface area contributed by atoms with Crippen LogP contribution in [-0.2, 0) is 9.53 Å². The Morgan fingerprint density at radius 1 is 1.23 bits per heavy atom. The van der Waals surface area contributed by atoms with Gasteiger partial charge in [-0.25, -0.2) is 9.18 Å². The number of anilines is 1. The zero-order chi connectivity index (χ0) is 19.4. The van der Waals surface area contributed by atoms with Gasteiger partial charge in [0.05, 0.1) is 15.6 Å². The summed E-state index contributed by atoms with van der Waals surface area (Å²) in [7, 11) is 0. The molecule has 10 heteroatoms. The zero-order valence-corrected chi connectivity index (χ0v) is 14.7. The largest absolute Gasteiger partial charge is 0.449 e. The van der Waals surface area contributed by atoms with Crippen molar-refractivity contribution in [2.24, 2.45) is 0 Å². The van der Waals surface area contributed by atoms with Crippen molar-refractivity contribution < 1.29 is 23.6 Å². The second-order valence-corrected chi connectivity index (χ2v) is 5.92. The summed E-state index contributed by atoms with van der Waals surface area (Å²) >= 11 is 11.5. The van der Waals surface area contributed by atoms with E-state index < -0.39 is 34.4 Å². The van der Waals surface area contributed by atoms with Crippen molar-refractivity contribution >= 4 is 46.5 Å². The summed E-state index contributed by atoms with van der Waals surface area (Å²) in [4.78, 5) is 34.5. The molecule has 0 aliphatic carbocycles. The maximum absolute atomic E-state index is 13.0. The van der Waals surface area contributed by atoms with Crippen LogP contribution in [0.2, 0.25) is 10.0 Å². The molecule has 26 heavy (non-hydrogen) atoms. The van der Waals surface area contributed by atoms with Crippen LogP contribution in [0.3, 0.4) is 0 Å². The van der Waals surface area contributed by atoms with Gasteiger partial charge in [-0.15, -0.1) is 0 Å². The molecule has 136 valence electrons. The molecule has 0 aliphatic heterocycles. The first-order chi connectivity index (χ1) is 12.2. The average Bonchev–Trinajstić information content (AvgIpc) is 2.56. The normalized spacial score (nSPS) is 11.5. The molecular formula is C16H11Cl2FN2O5. The number of rotatable bonds is 5. The predicted molar refractivity (Wildman–Crippen MR) is 93.0 cm³/mol. The predicted octanol–water partition coefficient (Wildman–Crippen LogP) is 4.22. The topological polar surface area (TPSA) is 98.5 Å². The lowest BCUT2D eigenvalue weighted by atomic mass is 10.2. The van der Waals surface area contributed by atoms with Gasteiger partial charge in [-0.1, -0.05) is 23.2 Å². The lowest BCUT2D eigenvalue weighted by Gasteiger charge is -2.14. The van der Waals surface area contributed by atoms with E-state index in [-0.39, 0.29) is 21.3 Å². The Labute approximate surface area is 156 Å². The molecular weight excluding hydrogens is 390 g/mol. The van der Waals surface area contributed by atoms with Crippen molar-refractivity contribution in [1.29, 1.82) is 0 Å². The Balaban J connectivity index is 2.11. The van der Waals surface area contributed by atoms with Crippen molar-refractivity contribution in [3.8, 4) is 0 Å². The number of nitrogens with one attached hydrogen (secondary N) is 1. The van der Waals surface area contributed by atoms with Gasteiger partial charge in [-0.2, -0.15) is 0 Å². The number of nitrogens with zero attached hydrogens (tertiary/aromatic N) is 1. The molecule has 0 heterocycles. The molecule has 1 unspecified atom stereocenters. The minimum absolute atomic E-state index is 0.0368. The average molecular weight is 401 g/mol. The number of nitro benzene ring substituents is 1. The van der Waals surface area contributed by atoms with Crippen LogP contribution < -0.4 is 5.32 Å². The Hall–Kier alpha value is -2.71. The number of halogens is 3. The lowest BCUT2D eigenvalue weighted by Crippen LogP contribution is -2.30. The molecule has 2 rings (SSSR count). The number of hydrogen-bond acceptors (Lipinski definition) is 5. The number of amides is 1. The van der Waals surface area contributed by atoms with E-state index >= 15 is 0 Å². The third-order valence-electron chi connectivity index (χ3n) is 3.22. The standard InChI is InChI=1S/C16H11Cl2FN2O5/c1-8(15(22)20-13-5-3-10(19)7-12(13)18)26-16(23)11-4-2-9(17)6-14(11)21(24)25/h2-8H,1H3,(H,20,22). The fourth-order valence-electron chi connectivity index (χ4n) is 1.93. The van der Waals surface area contributed by atoms with Crippen molar-refractivity contribution in [3.05, 3.63) is 67.9 Å². The summed E-state index contributed by atoms with van der Waals surface area (Å²) < 4.78 is 18.0. The summed E-state index contributed by atoms with van der Waals surface area (Å²) in [5, 5.41) is 13.4. The molecule has 1 amide bonds. The van der Waals surface area contributed by atoms with Gasteiger partial charge in [0.2, 0.25) is 0 Å². The molecule has 0 saturated carbocycles. The van der Waals surface area contributed by atoms with Crippen LogP contribution in [0, 0.1) is 15.9 Å². The van der Waals surface area contributed by atoms with E-state index in [1.807, 2.05) is 0 Å². The van der Waals surface area contributed by atoms with Crippen molar-refractivity contribution in [1.82, 2.24) is 0 Å². The smallest absolute Gasteiger partial charge is 0.345 e. The van der Waals surface area contributed by atoms with Crippen LogP contribution in [0.1, 0.15) is 17.3 Å². The van der Waals surface area contributed by atoms with Gasteiger partial charge < -0.3 is 10.1 Å². The first-order valence-corrected chi connectivity index (χ1v) is 7.85. The minimum atomic E-state index is -1.29. The second-order valence-electron chi connectivity index (χ2n) is 5.08. The van der Waals surface area contributed by atoms with Crippen LogP contribution in [0.15, 0.2) is 36.4 Å². The van der Waals surface area contributed by atoms with Gasteiger partial charge in [0.1, 0.15) is 11.4 Å². The first-order valence-electron chi connectivity index (χ1n) is 7.10. The van der Waals surface area contributed by atoms with E-state index in [1.54, 1.807) is 0 Å².